The third kappa shape index (κ3) is 6.29. The first-order chi connectivity index (χ1) is 20.2. The van der Waals surface area contributed by atoms with Crippen molar-refractivity contribution >= 4 is 33.0 Å². The maximum atomic E-state index is 13.7. The van der Waals surface area contributed by atoms with Crippen molar-refractivity contribution in [1.82, 2.24) is 9.66 Å². The number of ether oxygens (including phenoxy) is 2. The normalized spacial score (nSPS) is 11.5. The summed E-state index contributed by atoms with van der Waals surface area (Å²) < 4.78 is 27.4. The van der Waals surface area contributed by atoms with Crippen molar-refractivity contribution in [1.29, 1.82) is 0 Å². The van der Waals surface area contributed by atoms with Crippen LogP contribution in [0.25, 0.3) is 22.3 Å². The highest BCUT2D eigenvalue weighted by Crippen LogP contribution is 2.34. The van der Waals surface area contributed by atoms with Crippen molar-refractivity contribution in [3.05, 3.63) is 122 Å². The van der Waals surface area contributed by atoms with Crippen LogP contribution in [0.1, 0.15) is 48.9 Å². The molecule has 1 aromatic heterocycles. The van der Waals surface area contributed by atoms with E-state index in [1.54, 1.807) is 30.5 Å². The average Bonchev–Trinajstić information content (AvgIpc) is 2.96. The van der Waals surface area contributed by atoms with Crippen molar-refractivity contribution in [2.24, 2.45) is 5.10 Å². The van der Waals surface area contributed by atoms with Gasteiger partial charge < -0.3 is 9.47 Å². The van der Waals surface area contributed by atoms with Crippen molar-refractivity contribution < 1.29 is 13.9 Å². The molecule has 0 spiro atoms. The summed E-state index contributed by atoms with van der Waals surface area (Å²) in [5.74, 6) is 1.78. The summed E-state index contributed by atoms with van der Waals surface area (Å²) in [5.41, 5.74) is 4.59. The number of hydrogen-bond acceptors (Lipinski definition) is 5. The summed E-state index contributed by atoms with van der Waals surface area (Å²) in [4.78, 5) is 18.6. The number of rotatable bonds is 9. The molecule has 1 heterocycles. The molecule has 0 N–H and O–H groups in total. The minimum absolute atomic E-state index is 0.203. The van der Waals surface area contributed by atoms with E-state index in [0.29, 0.717) is 33.6 Å². The third-order valence-electron chi connectivity index (χ3n) is 6.83. The molecule has 214 valence electrons. The van der Waals surface area contributed by atoms with E-state index < -0.39 is 0 Å². The van der Waals surface area contributed by atoms with Crippen molar-refractivity contribution in [2.75, 3.05) is 6.61 Å². The van der Waals surface area contributed by atoms with Gasteiger partial charge in [0, 0.05) is 5.56 Å². The van der Waals surface area contributed by atoms with Crippen LogP contribution in [-0.2, 0) is 6.61 Å². The van der Waals surface area contributed by atoms with Crippen LogP contribution >= 0.6 is 15.9 Å². The predicted octanol–water partition coefficient (Wildman–Crippen LogP) is 8.26. The Kier molecular flexibility index (Phi) is 8.83. The van der Waals surface area contributed by atoms with Crippen LogP contribution in [0.2, 0.25) is 0 Å². The molecule has 0 amide bonds. The van der Waals surface area contributed by atoms with Gasteiger partial charge in [-0.05, 0) is 113 Å². The van der Waals surface area contributed by atoms with Crippen LogP contribution in [0.4, 0.5) is 4.39 Å². The van der Waals surface area contributed by atoms with E-state index in [1.165, 1.54) is 16.8 Å². The lowest BCUT2D eigenvalue weighted by Gasteiger charge is -2.18. The molecule has 6 nitrogen and oxygen atoms in total. The highest BCUT2D eigenvalue weighted by atomic mass is 79.9. The Balaban J connectivity index is 1.54. The summed E-state index contributed by atoms with van der Waals surface area (Å²) >= 11 is 3.56. The number of aromatic nitrogens is 2. The fourth-order valence-corrected chi connectivity index (χ4v) is 5.21. The van der Waals surface area contributed by atoms with Gasteiger partial charge in [-0.1, -0.05) is 38.1 Å². The number of fused-ring (bicyclic) bond motifs is 1. The van der Waals surface area contributed by atoms with E-state index >= 15 is 0 Å². The lowest BCUT2D eigenvalue weighted by atomic mass is 9.96. The smallest absolute Gasteiger partial charge is 0.282 e. The van der Waals surface area contributed by atoms with Crippen molar-refractivity contribution in [3.8, 4) is 22.9 Å². The molecule has 0 radical (unpaired) electrons. The van der Waals surface area contributed by atoms with E-state index in [0.717, 1.165) is 33.6 Å². The molecular weight excluding hydrogens is 597 g/mol. The molecule has 42 heavy (non-hydrogen) atoms. The third-order valence-corrected chi connectivity index (χ3v) is 7.45. The van der Waals surface area contributed by atoms with Gasteiger partial charge in [-0.15, -0.1) is 0 Å². The van der Waals surface area contributed by atoms with Gasteiger partial charge >= 0.3 is 0 Å². The van der Waals surface area contributed by atoms with Gasteiger partial charge in [0.15, 0.2) is 5.82 Å². The second-order valence-corrected chi connectivity index (χ2v) is 11.1. The van der Waals surface area contributed by atoms with Gasteiger partial charge in [0.2, 0.25) is 0 Å². The SMILES string of the molecule is CCOc1cc(C)c(-c2nc3ccccc3c(=O)n2N=Cc2ccc(OCc3cccc(F)c3)c(Br)c2)cc1C(C)C. The predicted molar refractivity (Wildman–Crippen MR) is 169 cm³/mol. The van der Waals surface area contributed by atoms with Gasteiger partial charge in [0.05, 0.1) is 28.2 Å². The first-order valence-electron chi connectivity index (χ1n) is 13.8. The molecule has 0 aliphatic heterocycles. The highest BCUT2D eigenvalue weighted by molar-refractivity contribution is 9.10. The molecule has 0 saturated carbocycles. The highest BCUT2D eigenvalue weighted by Gasteiger charge is 2.18. The number of aryl methyl sites for hydroxylation is 1. The van der Waals surface area contributed by atoms with Crippen LogP contribution in [0.5, 0.6) is 11.5 Å². The molecule has 8 heteroatoms. The summed E-state index contributed by atoms with van der Waals surface area (Å²) in [6.07, 6.45) is 1.62. The van der Waals surface area contributed by atoms with Crippen LogP contribution < -0.4 is 15.0 Å². The molecule has 0 fully saturated rings. The van der Waals surface area contributed by atoms with E-state index in [9.17, 15) is 9.18 Å². The summed E-state index contributed by atoms with van der Waals surface area (Å²) in [6.45, 7) is 8.96. The molecular formula is C34H31BrFN3O3. The standard InChI is InChI=1S/C34H31BrFN3O3/c1-5-41-32-15-22(4)28(18-27(32)21(2)3)33-38-30-12-7-6-11-26(30)34(40)39(33)37-19-23-13-14-31(29(35)17-23)42-20-24-9-8-10-25(36)16-24/h6-19,21H,5,20H2,1-4H3. The Hall–Kier alpha value is -4.30. The summed E-state index contributed by atoms with van der Waals surface area (Å²) in [7, 11) is 0. The topological polar surface area (TPSA) is 65.7 Å². The lowest BCUT2D eigenvalue weighted by Crippen LogP contribution is -2.20. The van der Waals surface area contributed by atoms with Crippen molar-refractivity contribution in [3.63, 3.8) is 0 Å². The molecule has 0 atom stereocenters. The van der Waals surface area contributed by atoms with Gasteiger partial charge in [0.1, 0.15) is 23.9 Å². The monoisotopic (exact) mass is 627 g/mol. The Morgan fingerprint density at radius 1 is 1.00 bits per heavy atom. The Labute approximate surface area is 252 Å². The number of benzene rings is 4. The minimum atomic E-state index is -0.305. The van der Waals surface area contributed by atoms with Crippen molar-refractivity contribution in [2.45, 2.75) is 40.2 Å². The second-order valence-electron chi connectivity index (χ2n) is 10.2. The first kappa shape index (κ1) is 29.2. The molecule has 5 aromatic rings. The maximum Gasteiger partial charge on any atom is 0.282 e. The molecule has 4 aromatic carbocycles. The van der Waals surface area contributed by atoms with Gasteiger partial charge in [-0.2, -0.15) is 9.78 Å². The van der Waals surface area contributed by atoms with Gasteiger partial charge in [0.25, 0.3) is 5.56 Å². The molecule has 0 aliphatic rings. The number of halogens is 2. The van der Waals surface area contributed by atoms with E-state index in [2.05, 4.69) is 40.9 Å². The molecule has 0 bridgehead atoms. The van der Waals surface area contributed by atoms with E-state index in [-0.39, 0.29) is 23.9 Å². The molecule has 0 unspecified atom stereocenters. The largest absolute Gasteiger partial charge is 0.494 e. The summed E-state index contributed by atoms with van der Waals surface area (Å²) in [6, 6.07) is 23.1. The average molecular weight is 629 g/mol. The number of para-hydroxylation sites is 1. The lowest BCUT2D eigenvalue weighted by molar-refractivity contribution is 0.303. The molecule has 0 aliphatic carbocycles. The van der Waals surface area contributed by atoms with Gasteiger partial charge in [-0.25, -0.2) is 9.37 Å². The summed E-state index contributed by atoms with van der Waals surface area (Å²) in [5, 5.41) is 5.11. The van der Waals surface area contributed by atoms with Crippen LogP contribution in [0.15, 0.2) is 93.2 Å². The zero-order chi connectivity index (χ0) is 29.8. The zero-order valence-corrected chi connectivity index (χ0v) is 25.5. The van der Waals surface area contributed by atoms with E-state index in [4.69, 9.17) is 14.5 Å². The zero-order valence-electron chi connectivity index (χ0n) is 23.9. The number of hydrogen-bond donors (Lipinski definition) is 0. The fraction of sp³-hybridized carbons (Fsp3) is 0.206. The minimum Gasteiger partial charge on any atom is -0.494 e. The maximum absolute atomic E-state index is 13.7. The number of nitrogens with zero attached hydrogens (tertiary/aromatic N) is 3. The van der Waals surface area contributed by atoms with E-state index in [1.807, 2.05) is 50.2 Å². The van der Waals surface area contributed by atoms with Gasteiger partial charge in [-0.3, -0.25) is 4.79 Å². The second kappa shape index (κ2) is 12.7. The Morgan fingerprint density at radius 2 is 1.81 bits per heavy atom. The van der Waals surface area contributed by atoms with Crippen LogP contribution in [0, 0.1) is 12.7 Å². The first-order valence-corrected chi connectivity index (χ1v) is 14.5. The van der Waals surface area contributed by atoms with Crippen LogP contribution in [-0.4, -0.2) is 22.5 Å². The Bertz CT molecular complexity index is 1850. The fourth-order valence-electron chi connectivity index (χ4n) is 4.70. The van der Waals surface area contributed by atoms with Crippen LogP contribution in [0.3, 0.4) is 0 Å². The molecule has 5 rings (SSSR count). The Morgan fingerprint density at radius 3 is 2.55 bits per heavy atom. The quantitative estimate of drug-likeness (QED) is 0.154. The molecule has 0 saturated heterocycles.